The Morgan fingerprint density at radius 3 is 2.69 bits per heavy atom. The molecule has 0 aliphatic carbocycles. The van der Waals surface area contributed by atoms with Gasteiger partial charge in [0.1, 0.15) is 11.6 Å². The molecule has 1 aromatic heterocycles. The first-order valence-corrected chi connectivity index (χ1v) is 5.42. The van der Waals surface area contributed by atoms with Crippen molar-refractivity contribution in [3.63, 3.8) is 0 Å². The zero-order valence-corrected chi connectivity index (χ0v) is 9.90. The van der Waals surface area contributed by atoms with Crippen molar-refractivity contribution in [3.8, 4) is 5.75 Å². The van der Waals surface area contributed by atoms with Gasteiger partial charge in [0.25, 0.3) is 0 Å². The molecule has 1 heterocycles. The molecule has 84 valence electrons. The fourth-order valence-electron chi connectivity index (χ4n) is 1.63. The molecule has 0 aliphatic rings. The van der Waals surface area contributed by atoms with Crippen LogP contribution in [0.3, 0.4) is 0 Å². The maximum Gasteiger partial charge on any atom is 0.132 e. The third-order valence-electron chi connectivity index (χ3n) is 2.42. The largest absolute Gasteiger partial charge is 0.493 e. The lowest BCUT2D eigenvalue weighted by molar-refractivity contribution is 0.344. The number of rotatable bonds is 3. The molecule has 0 bridgehead atoms. The molecule has 3 heteroatoms. The van der Waals surface area contributed by atoms with Crippen LogP contribution in [0, 0.1) is 0 Å². The molecular weight excluding hydrogens is 200 g/mol. The predicted molar refractivity (Wildman–Crippen MR) is 67.2 cm³/mol. The fraction of sp³-hybridized carbons (Fsp3) is 0.308. The Morgan fingerprint density at radius 1 is 1.25 bits per heavy atom. The molecule has 16 heavy (non-hydrogen) atoms. The first kappa shape index (κ1) is 10.7. The third kappa shape index (κ3) is 1.94. The Kier molecular flexibility index (Phi) is 2.95. The molecular formula is C13H16N2O. The summed E-state index contributed by atoms with van der Waals surface area (Å²) in [6.45, 7) is 2.66. The Hall–Kier alpha value is -1.77. The van der Waals surface area contributed by atoms with Gasteiger partial charge in [-0.15, -0.1) is 0 Å². The number of ether oxygens (including phenoxy) is 1. The minimum absolute atomic E-state index is 0.668. The first-order valence-electron chi connectivity index (χ1n) is 5.42. The van der Waals surface area contributed by atoms with Crippen LogP contribution in [0.15, 0.2) is 30.3 Å². The van der Waals surface area contributed by atoms with Gasteiger partial charge >= 0.3 is 0 Å². The summed E-state index contributed by atoms with van der Waals surface area (Å²) in [6, 6.07) is 10.0. The molecule has 0 atom stereocenters. The summed E-state index contributed by atoms with van der Waals surface area (Å²) >= 11 is 0. The van der Waals surface area contributed by atoms with Crippen molar-refractivity contribution in [1.29, 1.82) is 0 Å². The number of para-hydroxylation sites is 1. The van der Waals surface area contributed by atoms with Crippen LogP contribution in [0.1, 0.15) is 6.92 Å². The van der Waals surface area contributed by atoms with E-state index in [1.807, 2.05) is 56.3 Å². The van der Waals surface area contributed by atoms with Crippen LogP contribution in [0.4, 0.5) is 5.82 Å². The van der Waals surface area contributed by atoms with E-state index in [1.165, 1.54) is 0 Å². The van der Waals surface area contributed by atoms with Crippen LogP contribution in [0.5, 0.6) is 5.75 Å². The Morgan fingerprint density at radius 2 is 2.00 bits per heavy atom. The molecule has 0 aliphatic heterocycles. The monoisotopic (exact) mass is 216 g/mol. The second-order valence-electron chi connectivity index (χ2n) is 3.82. The van der Waals surface area contributed by atoms with Gasteiger partial charge in [0.05, 0.1) is 12.1 Å². The Labute approximate surface area is 95.7 Å². The van der Waals surface area contributed by atoms with Crippen molar-refractivity contribution in [2.24, 2.45) is 0 Å². The first-order chi connectivity index (χ1) is 7.72. The van der Waals surface area contributed by atoms with E-state index in [-0.39, 0.29) is 0 Å². The zero-order valence-electron chi connectivity index (χ0n) is 9.90. The van der Waals surface area contributed by atoms with Gasteiger partial charge in [-0.2, -0.15) is 0 Å². The van der Waals surface area contributed by atoms with Crippen molar-refractivity contribution in [2.75, 3.05) is 25.6 Å². The third-order valence-corrected chi connectivity index (χ3v) is 2.42. The maximum atomic E-state index is 5.64. The predicted octanol–water partition coefficient (Wildman–Crippen LogP) is 2.70. The van der Waals surface area contributed by atoms with Crippen LogP contribution >= 0.6 is 0 Å². The number of nitrogens with zero attached hydrogens (tertiary/aromatic N) is 2. The number of aromatic nitrogens is 1. The molecule has 1 aromatic carbocycles. The van der Waals surface area contributed by atoms with Gasteiger partial charge < -0.3 is 9.64 Å². The molecule has 0 saturated carbocycles. The molecule has 3 nitrogen and oxygen atoms in total. The van der Waals surface area contributed by atoms with Gasteiger partial charge in [0.15, 0.2) is 0 Å². The summed E-state index contributed by atoms with van der Waals surface area (Å²) < 4.78 is 5.64. The molecule has 0 radical (unpaired) electrons. The number of hydrogen-bond acceptors (Lipinski definition) is 3. The van der Waals surface area contributed by atoms with Gasteiger partial charge in [-0.3, -0.25) is 0 Å². The van der Waals surface area contributed by atoms with Gasteiger partial charge in [-0.1, -0.05) is 12.1 Å². The molecule has 0 fully saturated rings. The summed E-state index contributed by atoms with van der Waals surface area (Å²) in [5.74, 6) is 1.82. The second-order valence-corrected chi connectivity index (χ2v) is 3.82. The van der Waals surface area contributed by atoms with Crippen molar-refractivity contribution < 1.29 is 4.74 Å². The van der Waals surface area contributed by atoms with E-state index in [0.717, 1.165) is 22.5 Å². The van der Waals surface area contributed by atoms with Crippen LogP contribution in [-0.4, -0.2) is 25.7 Å². The average molecular weight is 216 g/mol. The molecule has 0 N–H and O–H groups in total. The van der Waals surface area contributed by atoms with Crippen LogP contribution in [0.2, 0.25) is 0 Å². The van der Waals surface area contributed by atoms with Crippen LogP contribution in [0.25, 0.3) is 10.9 Å². The highest BCUT2D eigenvalue weighted by molar-refractivity contribution is 5.86. The summed E-state index contributed by atoms with van der Waals surface area (Å²) in [4.78, 5) is 6.54. The van der Waals surface area contributed by atoms with Crippen molar-refractivity contribution >= 4 is 16.7 Å². The van der Waals surface area contributed by atoms with Gasteiger partial charge in [0, 0.05) is 25.5 Å². The van der Waals surface area contributed by atoms with E-state index >= 15 is 0 Å². The topological polar surface area (TPSA) is 25.4 Å². The lowest BCUT2D eigenvalue weighted by atomic mass is 10.2. The van der Waals surface area contributed by atoms with E-state index in [2.05, 4.69) is 4.98 Å². The normalized spacial score (nSPS) is 10.4. The minimum atomic E-state index is 0.668. The highest BCUT2D eigenvalue weighted by Crippen LogP contribution is 2.28. The number of benzene rings is 1. The Balaban J connectivity index is 2.63. The zero-order chi connectivity index (χ0) is 11.5. The summed E-state index contributed by atoms with van der Waals surface area (Å²) in [5, 5.41) is 1.06. The summed E-state index contributed by atoms with van der Waals surface area (Å²) in [7, 11) is 3.96. The highest BCUT2D eigenvalue weighted by atomic mass is 16.5. The van der Waals surface area contributed by atoms with E-state index in [4.69, 9.17) is 4.74 Å². The average Bonchev–Trinajstić information content (AvgIpc) is 2.29. The summed E-state index contributed by atoms with van der Waals surface area (Å²) in [6.07, 6.45) is 0. The van der Waals surface area contributed by atoms with E-state index < -0.39 is 0 Å². The smallest absolute Gasteiger partial charge is 0.132 e. The molecule has 2 aromatic rings. The number of anilines is 1. The SMILES string of the molecule is CCOc1cc(N(C)C)nc2ccccc12. The van der Waals surface area contributed by atoms with Crippen molar-refractivity contribution in [2.45, 2.75) is 6.92 Å². The molecule has 0 unspecified atom stereocenters. The standard InChI is InChI=1S/C13H16N2O/c1-4-16-12-9-13(15(2)3)14-11-8-6-5-7-10(11)12/h5-9H,4H2,1-3H3. The van der Waals surface area contributed by atoms with E-state index in [0.29, 0.717) is 6.61 Å². The lowest BCUT2D eigenvalue weighted by Gasteiger charge is -2.15. The quantitative estimate of drug-likeness (QED) is 0.788. The summed E-state index contributed by atoms with van der Waals surface area (Å²) in [5.41, 5.74) is 0.970. The van der Waals surface area contributed by atoms with Gasteiger partial charge in [-0.25, -0.2) is 4.98 Å². The molecule has 0 spiro atoms. The fourth-order valence-corrected chi connectivity index (χ4v) is 1.63. The Bertz CT molecular complexity index is 494. The highest BCUT2D eigenvalue weighted by Gasteiger charge is 2.07. The molecule has 0 amide bonds. The van der Waals surface area contributed by atoms with Crippen molar-refractivity contribution in [1.82, 2.24) is 4.98 Å². The van der Waals surface area contributed by atoms with Crippen molar-refractivity contribution in [3.05, 3.63) is 30.3 Å². The maximum absolute atomic E-state index is 5.64. The number of fused-ring (bicyclic) bond motifs is 1. The van der Waals surface area contributed by atoms with Crippen LogP contribution < -0.4 is 9.64 Å². The number of hydrogen-bond donors (Lipinski definition) is 0. The lowest BCUT2D eigenvalue weighted by Crippen LogP contribution is -2.11. The molecule has 0 saturated heterocycles. The van der Waals surface area contributed by atoms with Gasteiger partial charge in [0.2, 0.25) is 0 Å². The second kappa shape index (κ2) is 4.39. The van der Waals surface area contributed by atoms with E-state index in [9.17, 15) is 0 Å². The van der Waals surface area contributed by atoms with Gasteiger partial charge in [-0.05, 0) is 19.1 Å². The molecule has 2 rings (SSSR count). The van der Waals surface area contributed by atoms with Crippen LogP contribution in [-0.2, 0) is 0 Å². The minimum Gasteiger partial charge on any atom is -0.493 e. The number of pyridine rings is 1. The van der Waals surface area contributed by atoms with E-state index in [1.54, 1.807) is 0 Å².